The zero-order valence-corrected chi connectivity index (χ0v) is 6.60. The van der Waals surface area contributed by atoms with Crippen LogP contribution >= 0.6 is 0 Å². The Balaban J connectivity index is 3.32. The molecule has 9 heavy (non-hydrogen) atoms. The third-order valence-corrected chi connectivity index (χ3v) is 1.31. The molecule has 0 saturated heterocycles. The van der Waals surface area contributed by atoms with Crippen LogP contribution in [0.3, 0.4) is 0 Å². The predicted octanol–water partition coefficient (Wildman–Crippen LogP) is 1.61. The summed E-state index contributed by atoms with van der Waals surface area (Å²) in [5.74, 6) is 0. The monoisotopic (exact) mass is 131 g/mol. The summed E-state index contributed by atoms with van der Waals surface area (Å²) >= 11 is 0. The van der Waals surface area contributed by atoms with E-state index in [1.54, 1.807) is 7.11 Å². The molecule has 0 aromatic heterocycles. The van der Waals surface area contributed by atoms with Gasteiger partial charge in [-0.25, -0.2) is 0 Å². The summed E-state index contributed by atoms with van der Waals surface area (Å²) in [5, 5.41) is 0. The molecule has 0 heterocycles. The third-order valence-electron chi connectivity index (χ3n) is 1.31. The maximum Gasteiger partial charge on any atom is 0.122 e. The SMILES string of the molecule is CCOC(C)[C](C)OC. The van der Waals surface area contributed by atoms with E-state index in [-0.39, 0.29) is 6.10 Å². The zero-order chi connectivity index (χ0) is 7.28. The van der Waals surface area contributed by atoms with Crippen LogP contribution in [0.1, 0.15) is 20.8 Å². The van der Waals surface area contributed by atoms with E-state index in [2.05, 4.69) is 0 Å². The molecule has 0 aromatic rings. The first-order valence-electron chi connectivity index (χ1n) is 3.21. The van der Waals surface area contributed by atoms with E-state index in [0.29, 0.717) is 0 Å². The first-order valence-corrected chi connectivity index (χ1v) is 3.21. The van der Waals surface area contributed by atoms with Crippen molar-refractivity contribution in [3.05, 3.63) is 6.10 Å². The predicted molar refractivity (Wildman–Crippen MR) is 37.0 cm³/mol. The topological polar surface area (TPSA) is 18.5 Å². The Labute approximate surface area is 57.2 Å². The lowest BCUT2D eigenvalue weighted by molar-refractivity contribution is 0.0235. The number of hydrogen-bond donors (Lipinski definition) is 0. The summed E-state index contributed by atoms with van der Waals surface area (Å²) in [6.45, 7) is 6.60. The minimum absolute atomic E-state index is 0.125. The third kappa shape index (κ3) is 3.49. The van der Waals surface area contributed by atoms with Gasteiger partial charge in [0.25, 0.3) is 0 Å². The van der Waals surface area contributed by atoms with E-state index in [9.17, 15) is 0 Å². The van der Waals surface area contributed by atoms with Crippen molar-refractivity contribution in [3.8, 4) is 0 Å². The molecular weight excluding hydrogens is 116 g/mol. The van der Waals surface area contributed by atoms with E-state index in [1.807, 2.05) is 20.8 Å². The summed E-state index contributed by atoms with van der Waals surface area (Å²) in [5.41, 5.74) is 0. The Morgan fingerprint density at radius 2 is 2.11 bits per heavy atom. The molecule has 0 bridgehead atoms. The van der Waals surface area contributed by atoms with Gasteiger partial charge in [-0.1, -0.05) is 0 Å². The molecular formula is C7H15O2. The van der Waals surface area contributed by atoms with Gasteiger partial charge in [0.2, 0.25) is 0 Å². The summed E-state index contributed by atoms with van der Waals surface area (Å²) in [4.78, 5) is 0. The highest BCUT2D eigenvalue weighted by Gasteiger charge is 2.10. The molecule has 0 aliphatic carbocycles. The van der Waals surface area contributed by atoms with Crippen LogP contribution in [0.15, 0.2) is 0 Å². The summed E-state index contributed by atoms with van der Waals surface area (Å²) in [7, 11) is 1.66. The zero-order valence-electron chi connectivity index (χ0n) is 6.60. The Hall–Kier alpha value is -0.0800. The van der Waals surface area contributed by atoms with Gasteiger partial charge in [-0.15, -0.1) is 0 Å². The highest BCUT2D eigenvalue weighted by atomic mass is 16.5. The average Bonchev–Trinajstić information content (AvgIpc) is 1.87. The fraction of sp³-hybridized carbons (Fsp3) is 0.857. The highest BCUT2D eigenvalue weighted by molar-refractivity contribution is 4.78. The van der Waals surface area contributed by atoms with E-state index < -0.39 is 0 Å². The molecule has 0 spiro atoms. The molecule has 55 valence electrons. The molecule has 0 amide bonds. The van der Waals surface area contributed by atoms with Crippen LogP contribution in [0.4, 0.5) is 0 Å². The van der Waals surface area contributed by atoms with Crippen LogP contribution in [0.25, 0.3) is 0 Å². The second-order valence-corrected chi connectivity index (χ2v) is 1.91. The van der Waals surface area contributed by atoms with Gasteiger partial charge in [0.15, 0.2) is 0 Å². The minimum atomic E-state index is 0.125. The molecule has 0 aliphatic rings. The minimum Gasteiger partial charge on any atom is -0.376 e. The van der Waals surface area contributed by atoms with Gasteiger partial charge in [0, 0.05) is 13.7 Å². The normalized spacial score (nSPS) is 14.3. The average molecular weight is 131 g/mol. The molecule has 0 fully saturated rings. The molecule has 0 saturated carbocycles. The largest absolute Gasteiger partial charge is 0.376 e. The molecule has 1 atom stereocenters. The van der Waals surface area contributed by atoms with E-state index in [4.69, 9.17) is 9.47 Å². The fourth-order valence-corrected chi connectivity index (χ4v) is 0.533. The smallest absolute Gasteiger partial charge is 0.122 e. The van der Waals surface area contributed by atoms with E-state index in [1.165, 1.54) is 0 Å². The van der Waals surface area contributed by atoms with Crippen LogP contribution in [0.2, 0.25) is 0 Å². The Kier molecular flexibility index (Phi) is 4.72. The molecule has 1 unspecified atom stereocenters. The summed E-state index contributed by atoms with van der Waals surface area (Å²) < 4.78 is 10.2. The summed E-state index contributed by atoms with van der Waals surface area (Å²) in [6.07, 6.45) is 1.05. The Morgan fingerprint density at radius 3 is 2.44 bits per heavy atom. The number of ether oxygens (including phenoxy) is 2. The highest BCUT2D eigenvalue weighted by Crippen LogP contribution is 2.08. The number of hydrogen-bond acceptors (Lipinski definition) is 2. The Morgan fingerprint density at radius 1 is 1.56 bits per heavy atom. The van der Waals surface area contributed by atoms with Crippen molar-refractivity contribution >= 4 is 0 Å². The maximum atomic E-state index is 5.23. The van der Waals surface area contributed by atoms with Gasteiger partial charge in [0.05, 0.1) is 6.10 Å². The molecule has 2 nitrogen and oxygen atoms in total. The van der Waals surface area contributed by atoms with Gasteiger partial charge in [0.1, 0.15) is 6.10 Å². The van der Waals surface area contributed by atoms with Crippen molar-refractivity contribution in [3.63, 3.8) is 0 Å². The standard InChI is InChI=1S/C7H15O2/c1-5-9-7(3)6(2)8-4/h7H,5H2,1-4H3. The van der Waals surface area contributed by atoms with Gasteiger partial charge in [-0.3, -0.25) is 0 Å². The van der Waals surface area contributed by atoms with Crippen molar-refractivity contribution in [1.82, 2.24) is 0 Å². The van der Waals surface area contributed by atoms with E-state index >= 15 is 0 Å². The van der Waals surface area contributed by atoms with Crippen molar-refractivity contribution in [1.29, 1.82) is 0 Å². The van der Waals surface area contributed by atoms with Gasteiger partial charge in [-0.2, -0.15) is 0 Å². The van der Waals surface area contributed by atoms with Crippen molar-refractivity contribution in [2.45, 2.75) is 26.9 Å². The molecule has 0 aliphatic heterocycles. The molecule has 0 aromatic carbocycles. The number of methoxy groups -OCH3 is 1. The quantitative estimate of drug-likeness (QED) is 0.577. The molecule has 0 rings (SSSR count). The van der Waals surface area contributed by atoms with Gasteiger partial charge < -0.3 is 9.47 Å². The second kappa shape index (κ2) is 4.77. The van der Waals surface area contributed by atoms with Crippen LogP contribution in [-0.2, 0) is 9.47 Å². The van der Waals surface area contributed by atoms with Crippen molar-refractivity contribution in [2.75, 3.05) is 13.7 Å². The Bertz CT molecular complexity index is 63.9. The van der Waals surface area contributed by atoms with Crippen LogP contribution < -0.4 is 0 Å². The lowest BCUT2D eigenvalue weighted by Crippen LogP contribution is -2.17. The van der Waals surface area contributed by atoms with Crippen LogP contribution in [-0.4, -0.2) is 19.8 Å². The second-order valence-electron chi connectivity index (χ2n) is 1.91. The van der Waals surface area contributed by atoms with Gasteiger partial charge >= 0.3 is 0 Å². The van der Waals surface area contributed by atoms with E-state index in [0.717, 1.165) is 12.7 Å². The molecule has 0 N–H and O–H groups in total. The van der Waals surface area contributed by atoms with Crippen LogP contribution in [0.5, 0.6) is 0 Å². The lowest BCUT2D eigenvalue weighted by Gasteiger charge is -2.16. The first-order chi connectivity index (χ1) is 4.22. The van der Waals surface area contributed by atoms with Crippen LogP contribution in [0, 0.1) is 6.10 Å². The molecule has 2 heteroatoms. The summed E-state index contributed by atoms with van der Waals surface area (Å²) in [6, 6.07) is 0. The van der Waals surface area contributed by atoms with Gasteiger partial charge in [-0.05, 0) is 20.8 Å². The number of rotatable bonds is 4. The lowest BCUT2D eigenvalue weighted by atomic mass is 10.2. The van der Waals surface area contributed by atoms with Crippen molar-refractivity contribution < 1.29 is 9.47 Å². The first kappa shape index (κ1) is 8.92. The maximum absolute atomic E-state index is 5.23. The van der Waals surface area contributed by atoms with Crippen molar-refractivity contribution in [2.24, 2.45) is 0 Å². The molecule has 1 radical (unpaired) electrons. The fourth-order valence-electron chi connectivity index (χ4n) is 0.533.